The number of guanidine groups is 1. The van der Waals surface area contributed by atoms with Gasteiger partial charge in [0, 0.05) is 45.1 Å². The molecule has 1 aliphatic rings. The van der Waals surface area contributed by atoms with Crippen LogP contribution in [-0.2, 0) is 11.3 Å². The molecule has 1 unspecified atom stereocenters. The quantitative estimate of drug-likeness (QED) is 0.547. The van der Waals surface area contributed by atoms with Gasteiger partial charge < -0.3 is 24.4 Å². The fourth-order valence-electron chi connectivity index (χ4n) is 3.25. The maximum atomic E-state index is 5.93. The minimum absolute atomic E-state index is 0.127. The van der Waals surface area contributed by atoms with E-state index in [1.807, 2.05) is 25.1 Å². The van der Waals surface area contributed by atoms with Gasteiger partial charge in [-0.3, -0.25) is 9.89 Å². The average Bonchev–Trinajstić information content (AvgIpc) is 3.35. The summed E-state index contributed by atoms with van der Waals surface area (Å²) >= 11 is 0. The summed E-state index contributed by atoms with van der Waals surface area (Å²) in [5.74, 6) is 2.75. The number of nitrogens with one attached hydrogen (secondary N) is 2. The lowest BCUT2D eigenvalue weighted by Crippen LogP contribution is -2.42. The molecule has 0 amide bonds. The van der Waals surface area contributed by atoms with Gasteiger partial charge in [0.15, 0.2) is 5.96 Å². The molecule has 1 aliphatic heterocycles. The number of rotatable bonds is 8. The zero-order valence-electron chi connectivity index (χ0n) is 16.4. The van der Waals surface area contributed by atoms with Gasteiger partial charge in [0.05, 0.1) is 25.8 Å². The highest BCUT2D eigenvalue weighted by atomic mass is 16.5. The Balaban J connectivity index is 1.63. The van der Waals surface area contributed by atoms with Crippen molar-refractivity contribution in [3.63, 3.8) is 0 Å². The first-order chi connectivity index (χ1) is 13.3. The van der Waals surface area contributed by atoms with Gasteiger partial charge in [-0.05, 0) is 38.1 Å². The van der Waals surface area contributed by atoms with Crippen molar-refractivity contribution in [3.8, 4) is 0 Å². The maximum Gasteiger partial charge on any atom is 0.191 e. The molecule has 1 saturated heterocycles. The van der Waals surface area contributed by atoms with Crippen LogP contribution >= 0.6 is 0 Å². The minimum Gasteiger partial charge on any atom is -0.465 e. The molecule has 7 heteroatoms. The number of aryl methyl sites for hydroxylation is 1. The Hall–Kier alpha value is -2.25. The van der Waals surface area contributed by atoms with E-state index in [4.69, 9.17) is 14.1 Å². The molecule has 1 atom stereocenters. The first-order valence-electron chi connectivity index (χ1n) is 9.77. The molecule has 0 aliphatic carbocycles. The summed E-state index contributed by atoms with van der Waals surface area (Å²) in [7, 11) is 0. The van der Waals surface area contributed by atoms with Crippen LogP contribution in [0.5, 0.6) is 0 Å². The molecule has 2 aromatic heterocycles. The van der Waals surface area contributed by atoms with Crippen molar-refractivity contribution in [1.82, 2.24) is 20.1 Å². The molecule has 3 heterocycles. The van der Waals surface area contributed by atoms with Crippen LogP contribution in [0.2, 0.25) is 0 Å². The summed E-state index contributed by atoms with van der Waals surface area (Å²) < 4.78 is 13.6. The van der Waals surface area contributed by atoms with E-state index in [0.29, 0.717) is 6.54 Å². The van der Waals surface area contributed by atoms with Crippen molar-refractivity contribution in [2.45, 2.75) is 26.4 Å². The van der Waals surface area contributed by atoms with Crippen LogP contribution in [-0.4, -0.2) is 61.4 Å². The smallest absolute Gasteiger partial charge is 0.191 e. The second-order valence-electron chi connectivity index (χ2n) is 6.68. The molecular weight excluding hydrogens is 342 g/mol. The summed E-state index contributed by atoms with van der Waals surface area (Å²) in [5.41, 5.74) is 0. The summed E-state index contributed by atoms with van der Waals surface area (Å²) in [5, 5.41) is 6.75. The van der Waals surface area contributed by atoms with Crippen LogP contribution in [0.4, 0.5) is 0 Å². The highest BCUT2D eigenvalue weighted by Crippen LogP contribution is 2.24. The number of aromatic nitrogens is 1. The first-order valence-corrected chi connectivity index (χ1v) is 9.77. The monoisotopic (exact) mass is 373 g/mol. The Kier molecular flexibility index (Phi) is 7.36. The third-order valence-electron chi connectivity index (χ3n) is 4.67. The van der Waals surface area contributed by atoms with Crippen molar-refractivity contribution in [3.05, 3.63) is 48.2 Å². The van der Waals surface area contributed by atoms with Crippen molar-refractivity contribution in [1.29, 1.82) is 0 Å². The fraction of sp³-hybridized carbons (Fsp3) is 0.550. The molecule has 0 bridgehead atoms. The molecule has 0 saturated carbocycles. The summed E-state index contributed by atoms with van der Waals surface area (Å²) in [6.45, 7) is 10.6. The lowest BCUT2D eigenvalue weighted by Gasteiger charge is -2.32. The second kappa shape index (κ2) is 10.2. The van der Waals surface area contributed by atoms with Gasteiger partial charge in [-0.25, -0.2) is 0 Å². The van der Waals surface area contributed by atoms with Crippen LogP contribution in [0.15, 0.2) is 46.1 Å². The van der Waals surface area contributed by atoms with Gasteiger partial charge in [0.1, 0.15) is 11.5 Å². The Labute approximate surface area is 161 Å². The summed E-state index contributed by atoms with van der Waals surface area (Å²) in [4.78, 5) is 7.23. The SMILES string of the molecule is CCNC(=NCC(c1ccc(C)o1)N1CCOCC1)NCCn1cccc1. The van der Waals surface area contributed by atoms with E-state index < -0.39 is 0 Å². The lowest BCUT2D eigenvalue weighted by molar-refractivity contribution is 0.0135. The van der Waals surface area contributed by atoms with Crippen molar-refractivity contribution in [2.24, 2.45) is 4.99 Å². The lowest BCUT2D eigenvalue weighted by atomic mass is 10.1. The number of hydrogen-bond donors (Lipinski definition) is 2. The van der Waals surface area contributed by atoms with Crippen LogP contribution in [0, 0.1) is 6.92 Å². The largest absolute Gasteiger partial charge is 0.465 e. The normalized spacial score (nSPS) is 17.0. The molecule has 0 aromatic carbocycles. The van der Waals surface area contributed by atoms with E-state index in [1.165, 1.54) is 0 Å². The van der Waals surface area contributed by atoms with Gasteiger partial charge in [-0.1, -0.05) is 0 Å². The first kappa shape index (κ1) is 19.5. The predicted molar refractivity (Wildman–Crippen MR) is 107 cm³/mol. The Morgan fingerprint density at radius 3 is 2.63 bits per heavy atom. The predicted octanol–water partition coefficient (Wildman–Crippen LogP) is 2.02. The van der Waals surface area contributed by atoms with Crippen molar-refractivity contribution in [2.75, 3.05) is 45.9 Å². The van der Waals surface area contributed by atoms with E-state index in [9.17, 15) is 0 Å². The van der Waals surface area contributed by atoms with Crippen LogP contribution in [0.25, 0.3) is 0 Å². The molecular formula is C20H31N5O2. The summed E-state index contributed by atoms with van der Waals surface area (Å²) in [6, 6.07) is 8.29. The molecule has 1 fully saturated rings. The zero-order chi connectivity index (χ0) is 18.9. The molecule has 7 nitrogen and oxygen atoms in total. The fourth-order valence-corrected chi connectivity index (χ4v) is 3.25. The number of hydrogen-bond acceptors (Lipinski definition) is 4. The Morgan fingerprint density at radius 2 is 1.96 bits per heavy atom. The molecule has 2 N–H and O–H groups in total. The van der Waals surface area contributed by atoms with Gasteiger partial charge >= 0.3 is 0 Å². The molecule has 0 radical (unpaired) electrons. The summed E-state index contributed by atoms with van der Waals surface area (Å²) in [6.07, 6.45) is 4.14. The van der Waals surface area contributed by atoms with Crippen LogP contribution < -0.4 is 10.6 Å². The zero-order valence-corrected chi connectivity index (χ0v) is 16.4. The van der Waals surface area contributed by atoms with Crippen LogP contribution in [0.1, 0.15) is 24.5 Å². The van der Waals surface area contributed by atoms with E-state index in [1.54, 1.807) is 0 Å². The third-order valence-corrected chi connectivity index (χ3v) is 4.67. The van der Waals surface area contributed by atoms with Gasteiger partial charge in [0.25, 0.3) is 0 Å². The molecule has 2 aromatic rings. The third kappa shape index (κ3) is 5.87. The minimum atomic E-state index is 0.127. The number of furan rings is 1. The average molecular weight is 374 g/mol. The van der Waals surface area contributed by atoms with Crippen molar-refractivity contribution < 1.29 is 9.15 Å². The van der Waals surface area contributed by atoms with E-state index in [2.05, 4.69) is 45.5 Å². The number of aliphatic imine (C=N–C) groups is 1. The highest BCUT2D eigenvalue weighted by molar-refractivity contribution is 5.79. The number of nitrogens with zero attached hydrogens (tertiary/aromatic N) is 3. The van der Waals surface area contributed by atoms with E-state index in [-0.39, 0.29) is 6.04 Å². The number of morpholine rings is 1. The van der Waals surface area contributed by atoms with Crippen LogP contribution in [0.3, 0.4) is 0 Å². The topological polar surface area (TPSA) is 67.0 Å². The molecule has 27 heavy (non-hydrogen) atoms. The Morgan fingerprint density at radius 1 is 1.19 bits per heavy atom. The number of ether oxygens (including phenoxy) is 1. The Bertz CT molecular complexity index is 689. The van der Waals surface area contributed by atoms with E-state index in [0.717, 1.165) is 63.4 Å². The standard InChI is InChI=1S/C20H31N5O2/c1-3-21-20(22-8-11-24-9-4-5-10-24)23-16-18(19-7-6-17(2)27-19)25-12-14-26-15-13-25/h4-7,9-10,18H,3,8,11-16H2,1-2H3,(H2,21,22,23). The van der Waals surface area contributed by atoms with Gasteiger partial charge in [-0.2, -0.15) is 0 Å². The molecule has 0 spiro atoms. The van der Waals surface area contributed by atoms with Gasteiger partial charge in [0.2, 0.25) is 0 Å². The highest BCUT2D eigenvalue weighted by Gasteiger charge is 2.25. The molecule has 3 rings (SSSR count). The molecule has 148 valence electrons. The van der Waals surface area contributed by atoms with Crippen molar-refractivity contribution >= 4 is 5.96 Å². The van der Waals surface area contributed by atoms with Gasteiger partial charge in [-0.15, -0.1) is 0 Å². The second-order valence-corrected chi connectivity index (χ2v) is 6.68. The maximum absolute atomic E-state index is 5.93. The van der Waals surface area contributed by atoms with E-state index >= 15 is 0 Å².